The second kappa shape index (κ2) is 5.20. The second-order valence-electron chi connectivity index (χ2n) is 4.22. The standard InChI is InChI=1S/C12H10F5N3/c13-8-1-2-10(14)9(3-8)11(18)6-20-5-7(4-19-20)12(15,16)17/h1-5,11H,6,18H2. The van der Waals surface area contributed by atoms with Crippen LogP contribution >= 0.6 is 0 Å². The molecule has 0 aliphatic carbocycles. The molecule has 0 fully saturated rings. The summed E-state index contributed by atoms with van der Waals surface area (Å²) in [6.45, 7) is -0.198. The minimum Gasteiger partial charge on any atom is -0.322 e. The summed E-state index contributed by atoms with van der Waals surface area (Å²) in [5.74, 6) is -1.39. The Balaban J connectivity index is 2.17. The molecule has 0 aliphatic rings. The predicted octanol–water partition coefficient (Wildman–Crippen LogP) is 2.88. The monoisotopic (exact) mass is 291 g/mol. The Bertz CT molecular complexity index is 605. The Kier molecular flexibility index (Phi) is 3.76. The molecule has 0 saturated carbocycles. The highest BCUT2D eigenvalue weighted by Crippen LogP contribution is 2.28. The Hall–Kier alpha value is -1.96. The Morgan fingerprint density at radius 1 is 1.25 bits per heavy atom. The van der Waals surface area contributed by atoms with Crippen LogP contribution in [-0.2, 0) is 12.7 Å². The van der Waals surface area contributed by atoms with Crippen LogP contribution in [0.1, 0.15) is 17.2 Å². The Morgan fingerprint density at radius 2 is 1.95 bits per heavy atom. The maximum Gasteiger partial charge on any atom is 0.419 e. The molecular formula is C12H10F5N3. The van der Waals surface area contributed by atoms with Gasteiger partial charge in [0.2, 0.25) is 0 Å². The first-order chi connectivity index (χ1) is 9.27. The van der Waals surface area contributed by atoms with Crippen LogP contribution in [-0.4, -0.2) is 9.78 Å². The molecule has 3 nitrogen and oxygen atoms in total. The van der Waals surface area contributed by atoms with E-state index >= 15 is 0 Å². The van der Waals surface area contributed by atoms with Crippen molar-refractivity contribution in [1.29, 1.82) is 0 Å². The third kappa shape index (κ3) is 3.13. The molecule has 2 N–H and O–H groups in total. The van der Waals surface area contributed by atoms with Gasteiger partial charge in [0.25, 0.3) is 0 Å². The lowest BCUT2D eigenvalue weighted by atomic mass is 10.1. The molecule has 0 bridgehead atoms. The van der Waals surface area contributed by atoms with Crippen molar-refractivity contribution in [2.24, 2.45) is 5.73 Å². The topological polar surface area (TPSA) is 43.8 Å². The van der Waals surface area contributed by atoms with Crippen molar-refractivity contribution < 1.29 is 22.0 Å². The zero-order valence-electron chi connectivity index (χ0n) is 10.0. The van der Waals surface area contributed by atoms with E-state index in [1.807, 2.05) is 0 Å². The van der Waals surface area contributed by atoms with Gasteiger partial charge in [0.05, 0.1) is 24.3 Å². The van der Waals surface area contributed by atoms with Gasteiger partial charge in [-0.05, 0) is 18.2 Å². The molecule has 0 saturated heterocycles. The van der Waals surface area contributed by atoms with Gasteiger partial charge in [-0.2, -0.15) is 18.3 Å². The number of alkyl halides is 3. The molecule has 1 aromatic carbocycles. The minimum absolute atomic E-state index is 0.117. The van der Waals surface area contributed by atoms with Crippen LogP contribution in [0.2, 0.25) is 0 Å². The van der Waals surface area contributed by atoms with Crippen molar-refractivity contribution in [2.75, 3.05) is 0 Å². The second-order valence-corrected chi connectivity index (χ2v) is 4.22. The fourth-order valence-electron chi connectivity index (χ4n) is 1.71. The summed E-state index contributed by atoms with van der Waals surface area (Å²) in [6.07, 6.45) is -3.10. The van der Waals surface area contributed by atoms with Gasteiger partial charge in [0.1, 0.15) is 11.6 Å². The SMILES string of the molecule is NC(Cn1cc(C(F)(F)F)cn1)c1cc(F)ccc1F. The number of rotatable bonds is 3. The van der Waals surface area contributed by atoms with E-state index in [1.165, 1.54) is 0 Å². The third-order valence-electron chi connectivity index (χ3n) is 2.70. The number of hydrogen-bond donors (Lipinski definition) is 1. The summed E-state index contributed by atoms with van der Waals surface area (Å²) in [6, 6.07) is 1.75. The number of halogens is 5. The van der Waals surface area contributed by atoms with Gasteiger partial charge in [-0.1, -0.05) is 0 Å². The summed E-state index contributed by atoms with van der Waals surface area (Å²) in [5.41, 5.74) is 4.62. The summed E-state index contributed by atoms with van der Waals surface area (Å²) in [7, 11) is 0. The van der Waals surface area contributed by atoms with E-state index in [9.17, 15) is 22.0 Å². The van der Waals surface area contributed by atoms with Crippen molar-refractivity contribution in [3.63, 3.8) is 0 Å². The maximum absolute atomic E-state index is 13.5. The molecule has 1 aromatic heterocycles. The zero-order valence-corrected chi connectivity index (χ0v) is 10.0. The number of hydrogen-bond acceptors (Lipinski definition) is 2. The van der Waals surface area contributed by atoms with Gasteiger partial charge in [-0.3, -0.25) is 4.68 Å². The number of nitrogens with two attached hydrogens (primary N) is 1. The van der Waals surface area contributed by atoms with Gasteiger partial charge in [0, 0.05) is 11.8 Å². The van der Waals surface area contributed by atoms with Crippen LogP contribution in [0.5, 0.6) is 0 Å². The maximum atomic E-state index is 13.5. The van der Waals surface area contributed by atoms with E-state index in [0.717, 1.165) is 29.1 Å². The molecule has 2 rings (SSSR count). The van der Waals surface area contributed by atoms with Crippen LogP contribution in [0.4, 0.5) is 22.0 Å². The Labute approximate surface area is 110 Å². The number of nitrogens with zero attached hydrogens (tertiary/aromatic N) is 2. The van der Waals surface area contributed by atoms with Crippen LogP contribution in [0.3, 0.4) is 0 Å². The molecule has 1 atom stereocenters. The molecule has 0 aliphatic heterocycles. The van der Waals surface area contributed by atoms with Gasteiger partial charge in [-0.25, -0.2) is 8.78 Å². The molecule has 0 radical (unpaired) electrons. The lowest BCUT2D eigenvalue weighted by Crippen LogP contribution is -2.19. The largest absolute Gasteiger partial charge is 0.419 e. The van der Waals surface area contributed by atoms with Gasteiger partial charge in [-0.15, -0.1) is 0 Å². The Morgan fingerprint density at radius 3 is 2.55 bits per heavy atom. The van der Waals surface area contributed by atoms with E-state index < -0.39 is 29.4 Å². The van der Waals surface area contributed by atoms with Crippen molar-refractivity contribution in [3.8, 4) is 0 Å². The van der Waals surface area contributed by atoms with Gasteiger partial charge < -0.3 is 5.73 Å². The number of benzene rings is 1. The molecule has 1 unspecified atom stereocenters. The zero-order chi connectivity index (χ0) is 14.9. The highest BCUT2D eigenvalue weighted by Gasteiger charge is 2.32. The average molecular weight is 291 g/mol. The molecule has 1 heterocycles. The fraction of sp³-hybridized carbons (Fsp3) is 0.250. The summed E-state index contributed by atoms with van der Waals surface area (Å²) < 4.78 is 64.6. The quantitative estimate of drug-likeness (QED) is 0.884. The molecule has 0 amide bonds. The van der Waals surface area contributed by atoms with Crippen LogP contribution < -0.4 is 5.73 Å². The predicted molar refractivity (Wildman–Crippen MR) is 60.5 cm³/mol. The molecule has 20 heavy (non-hydrogen) atoms. The highest BCUT2D eigenvalue weighted by atomic mass is 19.4. The van der Waals surface area contributed by atoms with Crippen LogP contribution in [0.15, 0.2) is 30.6 Å². The molecule has 0 spiro atoms. The molecule has 108 valence electrons. The van der Waals surface area contributed by atoms with E-state index in [1.54, 1.807) is 0 Å². The van der Waals surface area contributed by atoms with Crippen molar-refractivity contribution in [1.82, 2.24) is 9.78 Å². The van der Waals surface area contributed by atoms with E-state index in [2.05, 4.69) is 5.10 Å². The summed E-state index contributed by atoms with van der Waals surface area (Å²) in [5, 5.41) is 3.50. The molecule has 2 aromatic rings. The number of aromatic nitrogens is 2. The lowest BCUT2D eigenvalue weighted by Gasteiger charge is -2.13. The molecular weight excluding hydrogens is 281 g/mol. The van der Waals surface area contributed by atoms with Gasteiger partial charge in [0.15, 0.2) is 0 Å². The van der Waals surface area contributed by atoms with Crippen molar-refractivity contribution in [2.45, 2.75) is 18.8 Å². The molecule has 8 heteroatoms. The van der Waals surface area contributed by atoms with Crippen molar-refractivity contribution in [3.05, 3.63) is 53.4 Å². The highest BCUT2D eigenvalue weighted by molar-refractivity contribution is 5.22. The van der Waals surface area contributed by atoms with Crippen molar-refractivity contribution >= 4 is 0 Å². The van der Waals surface area contributed by atoms with E-state index in [4.69, 9.17) is 5.73 Å². The fourth-order valence-corrected chi connectivity index (χ4v) is 1.71. The van der Waals surface area contributed by atoms with Gasteiger partial charge >= 0.3 is 6.18 Å². The van der Waals surface area contributed by atoms with E-state index in [-0.39, 0.29) is 12.1 Å². The minimum atomic E-state index is -4.51. The smallest absolute Gasteiger partial charge is 0.322 e. The first-order valence-corrected chi connectivity index (χ1v) is 5.57. The summed E-state index contributed by atoms with van der Waals surface area (Å²) in [4.78, 5) is 0. The van der Waals surface area contributed by atoms with E-state index in [0.29, 0.717) is 6.20 Å². The summed E-state index contributed by atoms with van der Waals surface area (Å²) >= 11 is 0. The van der Waals surface area contributed by atoms with Crippen LogP contribution in [0.25, 0.3) is 0 Å². The third-order valence-corrected chi connectivity index (χ3v) is 2.70. The lowest BCUT2D eigenvalue weighted by molar-refractivity contribution is -0.137. The first-order valence-electron chi connectivity index (χ1n) is 5.57. The normalized spacial score (nSPS) is 13.5. The van der Waals surface area contributed by atoms with Crippen LogP contribution in [0, 0.1) is 11.6 Å². The first kappa shape index (κ1) is 14.4. The average Bonchev–Trinajstić information content (AvgIpc) is 2.80.